The van der Waals surface area contributed by atoms with Crippen LogP contribution in [0.25, 0.3) is 11.0 Å². The van der Waals surface area contributed by atoms with Gasteiger partial charge in [0.05, 0.1) is 5.92 Å². The Morgan fingerprint density at radius 3 is 2.33 bits per heavy atom. The van der Waals surface area contributed by atoms with E-state index in [1.807, 2.05) is 50.2 Å². The zero-order valence-corrected chi connectivity index (χ0v) is 17.7. The van der Waals surface area contributed by atoms with Crippen LogP contribution in [0.15, 0.2) is 70.7 Å². The second kappa shape index (κ2) is 7.48. The van der Waals surface area contributed by atoms with Gasteiger partial charge in [-0.15, -0.1) is 0 Å². The minimum Gasteiger partial charge on any atom is -0.449 e. The normalized spacial score (nSPS) is 19.2. The molecular formula is C25H26N2O3. The van der Waals surface area contributed by atoms with Crippen molar-refractivity contribution in [2.24, 2.45) is 17.3 Å². The van der Waals surface area contributed by atoms with E-state index in [0.29, 0.717) is 22.3 Å². The van der Waals surface area contributed by atoms with Gasteiger partial charge in [-0.3, -0.25) is 9.59 Å². The molecule has 0 unspecified atom stereocenters. The number of nitrogens with one attached hydrogen (secondary N) is 2. The van der Waals surface area contributed by atoms with Gasteiger partial charge in [0.15, 0.2) is 0 Å². The number of para-hydroxylation sites is 2. The number of hydrogen-bond donors (Lipinski definition) is 2. The number of allylic oxidation sites excluding steroid dienone is 2. The molecule has 1 saturated carbocycles. The summed E-state index contributed by atoms with van der Waals surface area (Å²) in [5, 5.41) is 6.54. The van der Waals surface area contributed by atoms with Crippen molar-refractivity contribution in [2.45, 2.75) is 27.7 Å². The summed E-state index contributed by atoms with van der Waals surface area (Å²) in [7, 11) is 0. The summed E-state index contributed by atoms with van der Waals surface area (Å²) in [4.78, 5) is 26.1. The van der Waals surface area contributed by atoms with E-state index in [9.17, 15) is 9.59 Å². The summed E-state index contributed by atoms with van der Waals surface area (Å²) in [5.74, 6) is -0.356. The van der Waals surface area contributed by atoms with Crippen LogP contribution in [0.4, 0.5) is 11.4 Å². The van der Waals surface area contributed by atoms with Crippen LogP contribution >= 0.6 is 0 Å². The van der Waals surface area contributed by atoms with Crippen molar-refractivity contribution >= 4 is 34.2 Å². The number of carbonyl (C=O) groups excluding carboxylic acids is 2. The maximum Gasteiger partial charge on any atom is 0.293 e. The van der Waals surface area contributed by atoms with Crippen molar-refractivity contribution < 1.29 is 14.0 Å². The van der Waals surface area contributed by atoms with E-state index in [0.717, 1.165) is 0 Å². The highest BCUT2D eigenvalue weighted by Gasteiger charge is 2.60. The molecule has 0 spiro atoms. The molecule has 2 N–H and O–H groups in total. The van der Waals surface area contributed by atoms with Gasteiger partial charge in [0.2, 0.25) is 11.7 Å². The van der Waals surface area contributed by atoms with Crippen molar-refractivity contribution in [3.63, 3.8) is 0 Å². The first-order valence-electron chi connectivity index (χ1n) is 10.1. The van der Waals surface area contributed by atoms with E-state index < -0.39 is 5.91 Å². The molecule has 0 radical (unpaired) electrons. The maximum atomic E-state index is 13.1. The zero-order chi connectivity index (χ0) is 21.5. The predicted octanol–water partition coefficient (Wildman–Crippen LogP) is 5.86. The molecule has 0 saturated heterocycles. The first-order valence-corrected chi connectivity index (χ1v) is 10.1. The summed E-state index contributed by atoms with van der Waals surface area (Å²) >= 11 is 0. The van der Waals surface area contributed by atoms with Gasteiger partial charge >= 0.3 is 0 Å². The lowest BCUT2D eigenvalue weighted by molar-refractivity contribution is -0.118. The largest absolute Gasteiger partial charge is 0.449 e. The Kier molecular flexibility index (Phi) is 4.98. The third kappa shape index (κ3) is 3.63. The van der Waals surface area contributed by atoms with E-state index in [4.69, 9.17) is 4.42 Å². The molecule has 1 aliphatic carbocycles. The summed E-state index contributed by atoms with van der Waals surface area (Å²) in [6.07, 6.45) is 2.15. The summed E-state index contributed by atoms with van der Waals surface area (Å²) in [6.45, 7) is 8.27. The lowest BCUT2D eigenvalue weighted by Crippen LogP contribution is -2.20. The number of carbonyl (C=O) groups is 2. The number of hydrogen-bond acceptors (Lipinski definition) is 3. The second-order valence-corrected chi connectivity index (χ2v) is 8.68. The fraction of sp³-hybridized carbons (Fsp3) is 0.280. The quantitative estimate of drug-likeness (QED) is 0.525. The first kappa shape index (κ1) is 20.0. The predicted molar refractivity (Wildman–Crippen MR) is 119 cm³/mol. The summed E-state index contributed by atoms with van der Waals surface area (Å²) < 4.78 is 5.84. The molecule has 5 nitrogen and oxygen atoms in total. The standard InChI is InChI=1S/C25H26N2O3/c1-15(2)14-18-20(25(18,3)4)23(28)27-21-17-12-8-9-13-19(17)30-22(21)24(29)26-16-10-6-5-7-11-16/h5-14,18,20H,1-4H3,(H,26,29)(H,27,28)/t18-,20-/m1/s1. The molecule has 154 valence electrons. The Balaban J connectivity index is 1.65. The fourth-order valence-corrected chi connectivity index (χ4v) is 4.09. The lowest BCUT2D eigenvalue weighted by Gasteiger charge is -2.08. The van der Waals surface area contributed by atoms with Crippen LogP contribution in [0.1, 0.15) is 38.2 Å². The Bertz CT molecular complexity index is 1140. The molecule has 3 aromatic rings. The first-order chi connectivity index (χ1) is 14.3. The average molecular weight is 402 g/mol. The van der Waals surface area contributed by atoms with Crippen molar-refractivity contribution in [1.29, 1.82) is 0 Å². The van der Waals surface area contributed by atoms with Gasteiger partial charge in [-0.25, -0.2) is 0 Å². The molecule has 0 aliphatic heterocycles. The van der Waals surface area contributed by atoms with E-state index in [1.54, 1.807) is 18.2 Å². The molecule has 1 aliphatic rings. The molecule has 30 heavy (non-hydrogen) atoms. The van der Waals surface area contributed by atoms with Gasteiger partial charge < -0.3 is 15.1 Å². The van der Waals surface area contributed by atoms with Crippen molar-refractivity contribution in [3.8, 4) is 0 Å². The molecule has 5 heteroatoms. The van der Waals surface area contributed by atoms with Crippen molar-refractivity contribution in [3.05, 3.63) is 72.0 Å². The maximum absolute atomic E-state index is 13.1. The van der Waals surface area contributed by atoms with Crippen LogP contribution in [0, 0.1) is 17.3 Å². The summed E-state index contributed by atoms with van der Waals surface area (Å²) in [5.41, 5.74) is 2.71. The number of fused-ring (bicyclic) bond motifs is 1. The van der Waals surface area contributed by atoms with Gasteiger partial charge in [-0.05, 0) is 49.4 Å². The smallest absolute Gasteiger partial charge is 0.293 e. The van der Waals surface area contributed by atoms with E-state index in [1.165, 1.54) is 5.57 Å². The van der Waals surface area contributed by atoms with E-state index in [2.05, 4.69) is 30.6 Å². The average Bonchev–Trinajstić information content (AvgIpc) is 3.05. The number of furan rings is 1. The molecule has 4 rings (SSSR count). The number of anilines is 2. The minimum absolute atomic E-state index is 0.0946. The molecule has 2 amide bonds. The Morgan fingerprint density at radius 1 is 0.967 bits per heavy atom. The molecule has 0 bridgehead atoms. The Morgan fingerprint density at radius 2 is 1.63 bits per heavy atom. The third-order valence-electron chi connectivity index (χ3n) is 5.79. The highest BCUT2D eigenvalue weighted by Crippen LogP contribution is 2.59. The Hall–Kier alpha value is -3.34. The van der Waals surface area contributed by atoms with Crippen LogP contribution in [-0.2, 0) is 4.79 Å². The van der Waals surface area contributed by atoms with Gasteiger partial charge in [-0.2, -0.15) is 0 Å². The van der Waals surface area contributed by atoms with Gasteiger partial charge in [0.25, 0.3) is 5.91 Å². The zero-order valence-electron chi connectivity index (χ0n) is 17.7. The van der Waals surface area contributed by atoms with Crippen LogP contribution in [0.3, 0.4) is 0 Å². The van der Waals surface area contributed by atoms with Crippen LogP contribution in [-0.4, -0.2) is 11.8 Å². The molecule has 2 aromatic carbocycles. The minimum atomic E-state index is -0.399. The summed E-state index contributed by atoms with van der Waals surface area (Å²) in [6, 6.07) is 16.5. The van der Waals surface area contributed by atoms with Crippen molar-refractivity contribution in [1.82, 2.24) is 0 Å². The molecule has 1 aromatic heterocycles. The highest BCUT2D eigenvalue weighted by atomic mass is 16.3. The molecular weight excluding hydrogens is 376 g/mol. The Labute approximate surface area is 176 Å². The van der Waals surface area contributed by atoms with Crippen LogP contribution in [0.5, 0.6) is 0 Å². The number of amides is 2. The monoisotopic (exact) mass is 402 g/mol. The van der Waals surface area contributed by atoms with Crippen molar-refractivity contribution in [2.75, 3.05) is 10.6 Å². The SMILES string of the molecule is CC(C)=C[C@@H]1[C@H](C(=O)Nc2c(C(=O)Nc3ccccc3)oc3ccccc23)C1(C)C. The fourth-order valence-electron chi connectivity index (χ4n) is 4.09. The lowest BCUT2D eigenvalue weighted by atomic mass is 10.1. The highest BCUT2D eigenvalue weighted by molar-refractivity contribution is 6.15. The number of rotatable bonds is 5. The van der Waals surface area contributed by atoms with E-state index >= 15 is 0 Å². The molecule has 2 atom stereocenters. The van der Waals surface area contributed by atoms with Crippen LogP contribution < -0.4 is 10.6 Å². The van der Waals surface area contributed by atoms with Crippen LogP contribution in [0.2, 0.25) is 0 Å². The van der Waals surface area contributed by atoms with Gasteiger partial charge in [0.1, 0.15) is 11.3 Å². The number of benzene rings is 2. The third-order valence-corrected chi connectivity index (χ3v) is 5.79. The topological polar surface area (TPSA) is 71.3 Å². The second-order valence-electron chi connectivity index (χ2n) is 8.68. The van der Waals surface area contributed by atoms with Gasteiger partial charge in [0, 0.05) is 11.1 Å². The molecule has 1 fully saturated rings. The molecule has 1 heterocycles. The van der Waals surface area contributed by atoms with E-state index in [-0.39, 0.29) is 28.9 Å². The van der Waals surface area contributed by atoms with Gasteiger partial charge in [-0.1, -0.05) is 55.8 Å².